The molecule has 4 nitrogen and oxygen atoms in total. The average molecular weight is 313 g/mol. The van der Waals surface area contributed by atoms with Crippen LogP contribution in [0.1, 0.15) is 31.2 Å². The third-order valence-corrected chi connectivity index (χ3v) is 4.33. The normalized spacial score (nSPS) is 17.2. The van der Waals surface area contributed by atoms with Crippen molar-refractivity contribution in [3.05, 3.63) is 35.9 Å². The maximum atomic E-state index is 11.9. The zero-order valence-corrected chi connectivity index (χ0v) is 13.3. The lowest BCUT2D eigenvalue weighted by Crippen LogP contribution is -2.46. The Hall–Kier alpha value is -1.10. The second-order valence-corrected chi connectivity index (χ2v) is 5.57. The Labute approximate surface area is 132 Å². The first kappa shape index (κ1) is 18.0. The highest BCUT2D eigenvalue weighted by atomic mass is 35.5. The lowest BCUT2D eigenvalue weighted by molar-refractivity contribution is -0.123. The predicted molar refractivity (Wildman–Crippen MR) is 86.7 cm³/mol. The van der Waals surface area contributed by atoms with Gasteiger partial charge in [0.05, 0.1) is 12.5 Å². The van der Waals surface area contributed by atoms with Crippen molar-refractivity contribution in [1.82, 2.24) is 5.32 Å². The van der Waals surface area contributed by atoms with Gasteiger partial charge in [0, 0.05) is 25.6 Å². The minimum absolute atomic E-state index is 0. The molecule has 0 radical (unpaired) electrons. The number of hydrogen-bond donors (Lipinski definition) is 2. The van der Waals surface area contributed by atoms with Gasteiger partial charge in [-0.2, -0.15) is 0 Å². The van der Waals surface area contributed by atoms with Crippen LogP contribution in [0.4, 0.5) is 0 Å². The average Bonchev–Trinajstić information content (AvgIpc) is 2.44. The highest BCUT2D eigenvalue weighted by Gasteiger charge is 2.38. The molecule has 1 atom stereocenters. The van der Waals surface area contributed by atoms with Gasteiger partial charge in [0.25, 0.3) is 0 Å². The molecule has 1 aliphatic rings. The van der Waals surface area contributed by atoms with Crippen LogP contribution < -0.4 is 11.1 Å². The van der Waals surface area contributed by atoms with Crippen LogP contribution in [-0.4, -0.2) is 32.2 Å². The molecular formula is C16H25ClN2O2. The second kappa shape index (κ2) is 8.37. The number of amides is 1. The standard InChI is InChI=1S/C16H24N2O2.ClH/c1-20-14(11-17)10-15(19)18-12-16(8-5-9-16)13-6-3-2-4-7-13;/h2-4,6-7,14H,5,8-12,17H2,1H3,(H,18,19);1H. The molecule has 1 aromatic carbocycles. The lowest BCUT2D eigenvalue weighted by Gasteiger charge is -2.42. The summed E-state index contributed by atoms with van der Waals surface area (Å²) in [6.45, 7) is 1.07. The molecule has 0 aromatic heterocycles. The van der Waals surface area contributed by atoms with Crippen molar-refractivity contribution in [3.8, 4) is 0 Å². The molecule has 1 fully saturated rings. The topological polar surface area (TPSA) is 64.3 Å². The molecule has 0 spiro atoms. The lowest BCUT2D eigenvalue weighted by atomic mass is 9.64. The first-order chi connectivity index (χ1) is 9.70. The van der Waals surface area contributed by atoms with Crippen molar-refractivity contribution in [2.45, 2.75) is 37.2 Å². The number of rotatable bonds is 7. The van der Waals surface area contributed by atoms with Crippen molar-refractivity contribution < 1.29 is 9.53 Å². The predicted octanol–water partition coefficient (Wildman–Crippen LogP) is 2.01. The van der Waals surface area contributed by atoms with Crippen molar-refractivity contribution >= 4 is 18.3 Å². The second-order valence-electron chi connectivity index (χ2n) is 5.57. The Balaban J connectivity index is 0.00000220. The molecule has 118 valence electrons. The zero-order valence-electron chi connectivity index (χ0n) is 12.5. The van der Waals surface area contributed by atoms with Crippen molar-refractivity contribution in [1.29, 1.82) is 0 Å². The summed E-state index contributed by atoms with van der Waals surface area (Å²) >= 11 is 0. The summed E-state index contributed by atoms with van der Waals surface area (Å²) in [5.74, 6) is 0.0181. The molecule has 0 aliphatic heterocycles. The molecule has 5 heteroatoms. The molecule has 1 unspecified atom stereocenters. The van der Waals surface area contributed by atoms with E-state index in [0.29, 0.717) is 19.5 Å². The van der Waals surface area contributed by atoms with Crippen molar-refractivity contribution in [3.63, 3.8) is 0 Å². The van der Waals surface area contributed by atoms with Crippen LogP contribution in [0, 0.1) is 0 Å². The SMILES string of the molecule is COC(CN)CC(=O)NCC1(c2ccccc2)CCC1.Cl. The van der Waals surface area contributed by atoms with Crippen molar-refractivity contribution in [2.75, 3.05) is 20.2 Å². The summed E-state index contributed by atoms with van der Waals surface area (Å²) in [5.41, 5.74) is 6.99. The zero-order chi connectivity index (χ0) is 14.4. The number of hydrogen-bond acceptors (Lipinski definition) is 3. The van der Waals surface area contributed by atoms with E-state index in [1.54, 1.807) is 7.11 Å². The van der Waals surface area contributed by atoms with E-state index in [9.17, 15) is 4.79 Å². The van der Waals surface area contributed by atoms with Crippen molar-refractivity contribution in [2.24, 2.45) is 5.73 Å². The van der Waals surface area contributed by atoms with Gasteiger partial charge in [-0.1, -0.05) is 36.8 Å². The third-order valence-electron chi connectivity index (χ3n) is 4.33. The van der Waals surface area contributed by atoms with Crippen LogP contribution >= 0.6 is 12.4 Å². The molecule has 21 heavy (non-hydrogen) atoms. The van der Waals surface area contributed by atoms with E-state index < -0.39 is 0 Å². The van der Waals surface area contributed by atoms with Gasteiger partial charge < -0.3 is 15.8 Å². The summed E-state index contributed by atoms with van der Waals surface area (Å²) < 4.78 is 5.14. The number of methoxy groups -OCH3 is 1. The fraction of sp³-hybridized carbons (Fsp3) is 0.562. The summed E-state index contributed by atoms with van der Waals surface area (Å²) in [6, 6.07) is 10.5. The summed E-state index contributed by atoms with van der Waals surface area (Å²) in [5, 5.41) is 3.05. The molecule has 0 saturated heterocycles. The number of nitrogens with two attached hydrogens (primary N) is 1. The fourth-order valence-electron chi connectivity index (χ4n) is 2.77. The minimum atomic E-state index is -0.191. The molecule has 0 heterocycles. The molecule has 0 bridgehead atoms. The smallest absolute Gasteiger partial charge is 0.222 e. The van der Waals surface area contributed by atoms with Gasteiger partial charge in [-0.3, -0.25) is 4.79 Å². The Morgan fingerprint density at radius 2 is 2.05 bits per heavy atom. The summed E-state index contributed by atoms with van der Waals surface area (Å²) in [6.07, 6.45) is 3.65. The first-order valence-electron chi connectivity index (χ1n) is 7.25. The summed E-state index contributed by atoms with van der Waals surface area (Å²) in [4.78, 5) is 11.9. The minimum Gasteiger partial charge on any atom is -0.380 e. The molecular weight excluding hydrogens is 288 g/mol. The molecule has 3 N–H and O–H groups in total. The van der Waals surface area contributed by atoms with E-state index >= 15 is 0 Å². The fourth-order valence-corrected chi connectivity index (χ4v) is 2.77. The number of nitrogens with one attached hydrogen (secondary N) is 1. The van der Waals surface area contributed by atoms with E-state index in [0.717, 1.165) is 12.8 Å². The largest absolute Gasteiger partial charge is 0.380 e. The van der Waals surface area contributed by atoms with Gasteiger partial charge in [-0.15, -0.1) is 12.4 Å². The summed E-state index contributed by atoms with van der Waals surface area (Å²) in [7, 11) is 1.59. The van der Waals surface area contributed by atoms with E-state index in [-0.39, 0.29) is 29.8 Å². The van der Waals surface area contributed by atoms with Crippen LogP contribution in [0.2, 0.25) is 0 Å². The number of benzene rings is 1. The maximum absolute atomic E-state index is 11.9. The maximum Gasteiger partial charge on any atom is 0.222 e. The van der Waals surface area contributed by atoms with Gasteiger partial charge >= 0.3 is 0 Å². The molecule has 1 saturated carbocycles. The van der Waals surface area contributed by atoms with Crippen LogP contribution in [0.25, 0.3) is 0 Å². The highest BCUT2D eigenvalue weighted by Crippen LogP contribution is 2.43. The monoisotopic (exact) mass is 312 g/mol. The van der Waals surface area contributed by atoms with Gasteiger partial charge in [0.2, 0.25) is 5.91 Å². The van der Waals surface area contributed by atoms with Gasteiger partial charge in [-0.25, -0.2) is 0 Å². The number of carbonyl (C=O) groups excluding carboxylic acids is 1. The number of ether oxygens (including phenoxy) is 1. The van der Waals surface area contributed by atoms with Crippen LogP contribution in [0.3, 0.4) is 0 Å². The van der Waals surface area contributed by atoms with E-state index in [1.165, 1.54) is 12.0 Å². The van der Waals surface area contributed by atoms with E-state index in [2.05, 4.69) is 29.6 Å². The van der Waals surface area contributed by atoms with Crippen LogP contribution in [0.15, 0.2) is 30.3 Å². The van der Waals surface area contributed by atoms with Gasteiger partial charge in [0.1, 0.15) is 0 Å². The molecule has 2 rings (SSSR count). The van der Waals surface area contributed by atoms with E-state index in [1.807, 2.05) is 6.07 Å². The number of carbonyl (C=O) groups is 1. The van der Waals surface area contributed by atoms with Gasteiger partial charge in [-0.05, 0) is 18.4 Å². The van der Waals surface area contributed by atoms with E-state index in [4.69, 9.17) is 10.5 Å². The third kappa shape index (κ3) is 4.43. The Morgan fingerprint density at radius 1 is 1.38 bits per heavy atom. The van der Waals surface area contributed by atoms with Gasteiger partial charge in [0.15, 0.2) is 0 Å². The highest BCUT2D eigenvalue weighted by molar-refractivity contribution is 5.85. The Kier molecular flexibility index (Phi) is 7.15. The molecule has 1 aliphatic carbocycles. The molecule has 1 aromatic rings. The Bertz CT molecular complexity index is 431. The number of halogens is 1. The van der Waals surface area contributed by atoms with Crippen LogP contribution in [-0.2, 0) is 14.9 Å². The molecule has 1 amide bonds. The van der Waals surface area contributed by atoms with Crippen LogP contribution in [0.5, 0.6) is 0 Å². The quantitative estimate of drug-likeness (QED) is 0.809. The Morgan fingerprint density at radius 3 is 2.52 bits per heavy atom. The first-order valence-corrected chi connectivity index (χ1v) is 7.25.